The van der Waals surface area contributed by atoms with Crippen LogP contribution in [-0.4, -0.2) is 16.7 Å². The van der Waals surface area contributed by atoms with E-state index >= 15 is 0 Å². The molecule has 0 fully saturated rings. The molecule has 0 N–H and O–H groups in total. The molecule has 0 atom stereocenters. The summed E-state index contributed by atoms with van der Waals surface area (Å²) in [6.07, 6.45) is 0.151. The summed E-state index contributed by atoms with van der Waals surface area (Å²) in [5.41, 5.74) is 1.87. The summed E-state index contributed by atoms with van der Waals surface area (Å²) < 4.78 is 10.6. The lowest BCUT2D eigenvalue weighted by Crippen LogP contribution is -2.10. The maximum absolute atomic E-state index is 11.9. The van der Waals surface area contributed by atoms with Crippen molar-refractivity contribution >= 4 is 22.9 Å². The zero-order chi connectivity index (χ0) is 16.2. The van der Waals surface area contributed by atoms with Crippen LogP contribution in [0.25, 0.3) is 11.1 Å². The van der Waals surface area contributed by atoms with Crippen LogP contribution in [-0.2, 0) is 4.79 Å². The smallest absolute Gasteiger partial charge is 0.311 e. The number of ether oxygens (including phenoxy) is 1. The summed E-state index contributed by atoms with van der Waals surface area (Å²) in [7, 11) is 0. The molecule has 3 rings (SSSR count). The summed E-state index contributed by atoms with van der Waals surface area (Å²) in [6.45, 7) is 1.75. The lowest BCUT2D eigenvalue weighted by molar-refractivity contribution is -0.134. The van der Waals surface area contributed by atoms with Crippen LogP contribution in [0, 0.1) is 6.92 Å². The molecule has 1 heterocycles. The van der Waals surface area contributed by atoms with E-state index in [-0.39, 0.29) is 18.6 Å². The largest absolute Gasteiger partial charge is 0.441 e. The van der Waals surface area contributed by atoms with Crippen LogP contribution in [0.5, 0.6) is 5.75 Å². The number of carbonyl (C=O) groups is 2. The topological polar surface area (TPSA) is 69.4 Å². The summed E-state index contributed by atoms with van der Waals surface area (Å²) >= 11 is 0. The number of Topliss-reactive ketones (excluding diaryl/α,β-unsaturated/α-hetero) is 1. The lowest BCUT2D eigenvalue weighted by Gasteiger charge is -2.04. The predicted octanol–water partition coefficient (Wildman–Crippen LogP) is 3.70. The Bertz CT molecular complexity index is 852. The molecular formula is C18H15NO4. The van der Waals surface area contributed by atoms with Gasteiger partial charge >= 0.3 is 5.97 Å². The van der Waals surface area contributed by atoms with Crippen molar-refractivity contribution in [3.05, 3.63) is 60.0 Å². The van der Waals surface area contributed by atoms with E-state index in [2.05, 4.69) is 4.98 Å². The number of rotatable bonds is 5. The van der Waals surface area contributed by atoms with Crippen LogP contribution in [0.2, 0.25) is 0 Å². The summed E-state index contributed by atoms with van der Waals surface area (Å²) in [6, 6.07) is 13.9. The average molecular weight is 309 g/mol. The second-order valence-corrected chi connectivity index (χ2v) is 5.13. The molecular weight excluding hydrogens is 294 g/mol. The van der Waals surface area contributed by atoms with Gasteiger partial charge in [0.05, 0.1) is 6.42 Å². The number of fused-ring (bicyclic) bond motifs is 1. The third kappa shape index (κ3) is 3.63. The number of hydrogen-bond acceptors (Lipinski definition) is 5. The maximum atomic E-state index is 11.9. The van der Waals surface area contributed by atoms with E-state index in [1.54, 1.807) is 49.4 Å². The lowest BCUT2D eigenvalue weighted by atomic mass is 10.1. The quantitative estimate of drug-likeness (QED) is 0.408. The number of nitrogens with zero attached hydrogens (tertiary/aromatic N) is 1. The second kappa shape index (κ2) is 6.44. The molecule has 0 aliphatic heterocycles. The second-order valence-electron chi connectivity index (χ2n) is 5.13. The first-order valence-electron chi connectivity index (χ1n) is 7.28. The third-order valence-corrected chi connectivity index (χ3v) is 3.35. The van der Waals surface area contributed by atoms with Crippen LogP contribution in [0.4, 0.5) is 0 Å². The highest BCUT2D eigenvalue weighted by molar-refractivity contribution is 5.97. The van der Waals surface area contributed by atoms with Gasteiger partial charge in [-0.3, -0.25) is 9.59 Å². The fraction of sp³-hybridized carbons (Fsp3) is 0.167. The highest BCUT2D eigenvalue weighted by atomic mass is 16.5. The SMILES string of the molecule is Cc1nc2cc(OC(=O)CCC(=O)c3ccccc3)ccc2o1. The number of esters is 1. The Kier molecular flexibility index (Phi) is 4.19. The van der Waals surface area contributed by atoms with Gasteiger partial charge in [0.15, 0.2) is 17.3 Å². The number of ketones is 1. The van der Waals surface area contributed by atoms with Gasteiger partial charge in [0.25, 0.3) is 0 Å². The fourth-order valence-electron chi connectivity index (χ4n) is 2.25. The number of oxazole rings is 1. The van der Waals surface area contributed by atoms with Crippen molar-refractivity contribution in [3.8, 4) is 5.75 Å². The van der Waals surface area contributed by atoms with Gasteiger partial charge in [-0.25, -0.2) is 4.98 Å². The number of carbonyl (C=O) groups excluding carboxylic acids is 2. The van der Waals surface area contributed by atoms with Crippen molar-refractivity contribution in [3.63, 3.8) is 0 Å². The minimum atomic E-state index is -0.450. The monoisotopic (exact) mass is 309 g/mol. The van der Waals surface area contributed by atoms with E-state index in [1.807, 2.05) is 6.07 Å². The van der Waals surface area contributed by atoms with Crippen molar-refractivity contribution in [2.45, 2.75) is 19.8 Å². The van der Waals surface area contributed by atoms with E-state index in [0.717, 1.165) is 0 Å². The molecule has 0 spiro atoms. The zero-order valence-electron chi connectivity index (χ0n) is 12.6. The van der Waals surface area contributed by atoms with Gasteiger partial charge in [-0.2, -0.15) is 0 Å². The Balaban J connectivity index is 1.59. The van der Waals surface area contributed by atoms with E-state index in [4.69, 9.17) is 9.15 Å². The molecule has 0 aliphatic carbocycles. The minimum absolute atomic E-state index is 0.0314. The van der Waals surface area contributed by atoms with Gasteiger partial charge < -0.3 is 9.15 Å². The van der Waals surface area contributed by atoms with Crippen molar-refractivity contribution in [1.82, 2.24) is 4.98 Å². The molecule has 0 amide bonds. The number of aromatic nitrogens is 1. The van der Waals surface area contributed by atoms with Gasteiger partial charge in [-0.1, -0.05) is 30.3 Å². The van der Waals surface area contributed by atoms with Gasteiger partial charge in [0.2, 0.25) is 0 Å². The molecule has 0 aliphatic rings. The first-order chi connectivity index (χ1) is 11.1. The van der Waals surface area contributed by atoms with Gasteiger partial charge in [-0.05, 0) is 12.1 Å². The summed E-state index contributed by atoms with van der Waals surface area (Å²) in [5, 5.41) is 0. The normalized spacial score (nSPS) is 10.7. The molecule has 5 heteroatoms. The Labute approximate surface area is 132 Å². The van der Waals surface area contributed by atoms with Gasteiger partial charge in [0.1, 0.15) is 11.3 Å². The van der Waals surface area contributed by atoms with E-state index in [9.17, 15) is 9.59 Å². The number of hydrogen-bond donors (Lipinski definition) is 0. The highest BCUT2D eigenvalue weighted by Gasteiger charge is 2.12. The van der Waals surface area contributed by atoms with Gasteiger partial charge in [-0.15, -0.1) is 0 Å². The molecule has 0 saturated heterocycles. The Hall–Kier alpha value is -2.95. The van der Waals surface area contributed by atoms with Crippen molar-refractivity contribution < 1.29 is 18.7 Å². The third-order valence-electron chi connectivity index (χ3n) is 3.35. The fourth-order valence-corrected chi connectivity index (χ4v) is 2.25. The van der Waals surface area contributed by atoms with E-state index in [1.165, 1.54) is 0 Å². The number of aryl methyl sites for hydroxylation is 1. The standard InChI is InChI=1S/C18H15NO4/c1-12-19-15-11-14(7-9-17(15)22-12)23-18(21)10-8-16(20)13-5-3-2-4-6-13/h2-7,9,11H,8,10H2,1H3. The summed E-state index contributed by atoms with van der Waals surface area (Å²) in [5.74, 6) is 0.416. The van der Waals surface area contributed by atoms with Crippen LogP contribution in [0.3, 0.4) is 0 Å². The Morgan fingerprint density at radius 2 is 1.87 bits per heavy atom. The van der Waals surface area contributed by atoms with Crippen LogP contribution in [0.15, 0.2) is 52.9 Å². The first-order valence-corrected chi connectivity index (χ1v) is 7.28. The first kappa shape index (κ1) is 15.0. The van der Waals surface area contributed by atoms with Crippen LogP contribution in [0.1, 0.15) is 29.1 Å². The van der Waals surface area contributed by atoms with Crippen LogP contribution < -0.4 is 4.74 Å². The van der Waals surface area contributed by atoms with Crippen LogP contribution >= 0.6 is 0 Å². The molecule has 0 bridgehead atoms. The van der Waals surface area contributed by atoms with E-state index < -0.39 is 5.97 Å². The van der Waals surface area contributed by atoms with Crippen molar-refractivity contribution in [1.29, 1.82) is 0 Å². The average Bonchev–Trinajstić information content (AvgIpc) is 2.92. The van der Waals surface area contributed by atoms with Gasteiger partial charge in [0, 0.05) is 25.0 Å². The zero-order valence-corrected chi connectivity index (χ0v) is 12.6. The molecule has 116 valence electrons. The Morgan fingerprint density at radius 1 is 1.09 bits per heavy atom. The Morgan fingerprint density at radius 3 is 2.65 bits per heavy atom. The molecule has 5 nitrogen and oxygen atoms in total. The molecule has 0 saturated carbocycles. The molecule has 2 aromatic carbocycles. The molecule has 1 aromatic heterocycles. The van der Waals surface area contributed by atoms with Crippen molar-refractivity contribution in [2.75, 3.05) is 0 Å². The summed E-state index contributed by atoms with van der Waals surface area (Å²) in [4.78, 5) is 28.0. The highest BCUT2D eigenvalue weighted by Crippen LogP contribution is 2.21. The molecule has 23 heavy (non-hydrogen) atoms. The molecule has 3 aromatic rings. The maximum Gasteiger partial charge on any atom is 0.311 e. The number of benzene rings is 2. The minimum Gasteiger partial charge on any atom is -0.441 e. The van der Waals surface area contributed by atoms with E-state index in [0.29, 0.717) is 28.3 Å². The molecule has 0 unspecified atom stereocenters. The molecule has 0 radical (unpaired) electrons. The van der Waals surface area contributed by atoms with Crippen molar-refractivity contribution in [2.24, 2.45) is 0 Å². The predicted molar refractivity (Wildman–Crippen MR) is 84.4 cm³/mol.